The van der Waals surface area contributed by atoms with Crippen LogP contribution in [0.4, 0.5) is 5.82 Å². The minimum atomic E-state index is -0.452. The van der Waals surface area contributed by atoms with E-state index in [-0.39, 0.29) is 5.92 Å². The lowest BCUT2D eigenvalue weighted by atomic mass is 9.71. The van der Waals surface area contributed by atoms with Crippen LogP contribution < -0.4 is 4.90 Å². The zero-order chi connectivity index (χ0) is 15.0. The van der Waals surface area contributed by atoms with Crippen molar-refractivity contribution in [1.82, 2.24) is 9.97 Å². The molecule has 2 fully saturated rings. The molecule has 116 valence electrons. The lowest BCUT2D eigenvalue weighted by Crippen LogP contribution is -2.53. The van der Waals surface area contributed by atoms with Gasteiger partial charge >= 0.3 is 0 Å². The van der Waals surface area contributed by atoms with Crippen LogP contribution in [0.15, 0.2) is 6.07 Å². The smallest absolute Gasteiger partial charge is 0.135 e. The van der Waals surface area contributed by atoms with Crippen LogP contribution in [0, 0.1) is 5.92 Å². The Balaban J connectivity index is 1.82. The van der Waals surface area contributed by atoms with Crippen molar-refractivity contribution in [1.29, 1.82) is 0 Å². The van der Waals surface area contributed by atoms with Crippen LogP contribution in [-0.4, -0.2) is 33.8 Å². The molecule has 2 heterocycles. The van der Waals surface area contributed by atoms with Gasteiger partial charge in [-0.25, -0.2) is 9.97 Å². The summed E-state index contributed by atoms with van der Waals surface area (Å²) in [5.41, 5.74) is -0.452. The Morgan fingerprint density at radius 1 is 1.33 bits per heavy atom. The number of hydrogen-bond donors (Lipinski definition) is 1. The van der Waals surface area contributed by atoms with Gasteiger partial charge < -0.3 is 10.0 Å². The number of halogens is 1. The summed E-state index contributed by atoms with van der Waals surface area (Å²) in [5.74, 6) is 2.32. The number of anilines is 1. The maximum Gasteiger partial charge on any atom is 0.135 e. The molecule has 0 bridgehead atoms. The number of aliphatic hydroxyl groups is 1. The molecule has 4 nitrogen and oxygen atoms in total. The molecular formula is C16H24ClN3O. The Bertz CT molecular complexity index is 522. The zero-order valence-electron chi connectivity index (χ0n) is 12.8. The highest BCUT2D eigenvalue weighted by Gasteiger charge is 2.43. The minimum absolute atomic E-state index is 0.263. The Labute approximate surface area is 131 Å². The maximum absolute atomic E-state index is 10.8. The number of nitrogens with zero attached hydrogens (tertiary/aromatic N) is 3. The van der Waals surface area contributed by atoms with Gasteiger partial charge in [-0.15, -0.1) is 0 Å². The molecule has 21 heavy (non-hydrogen) atoms. The molecule has 0 aromatic carbocycles. The normalized spacial score (nSPS) is 29.6. The van der Waals surface area contributed by atoms with Crippen molar-refractivity contribution in [3.05, 3.63) is 17.0 Å². The average molecular weight is 310 g/mol. The molecule has 1 saturated carbocycles. The van der Waals surface area contributed by atoms with Crippen LogP contribution in [0.1, 0.15) is 57.7 Å². The van der Waals surface area contributed by atoms with Gasteiger partial charge in [-0.2, -0.15) is 0 Å². The summed E-state index contributed by atoms with van der Waals surface area (Å²) in [5, 5.41) is 11.3. The van der Waals surface area contributed by atoms with Gasteiger partial charge in [0.2, 0.25) is 0 Å². The van der Waals surface area contributed by atoms with Gasteiger partial charge in [0.1, 0.15) is 16.8 Å². The molecule has 1 aliphatic heterocycles. The third kappa shape index (κ3) is 3.02. The Hall–Kier alpha value is -0.870. The van der Waals surface area contributed by atoms with Crippen LogP contribution in [0.2, 0.25) is 5.15 Å². The SMILES string of the molecule is CC(C)c1nc(Cl)cc(N2CCC3(O)CCCCC3C2)n1. The summed E-state index contributed by atoms with van der Waals surface area (Å²) in [6, 6.07) is 1.85. The molecular weight excluding hydrogens is 286 g/mol. The van der Waals surface area contributed by atoms with E-state index in [0.717, 1.165) is 50.4 Å². The second-order valence-electron chi connectivity index (χ2n) is 6.80. The molecule has 2 aliphatic rings. The van der Waals surface area contributed by atoms with Crippen molar-refractivity contribution >= 4 is 17.4 Å². The lowest BCUT2D eigenvalue weighted by molar-refractivity contribution is -0.0613. The van der Waals surface area contributed by atoms with E-state index in [4.69, 9.17) is 11.6 Å². The highest BCUT2D eigenvalue weighted by atomic mass is 35.5. The fourth-order valence-corrected chi connectivity index (χ4v) is 3.81. The Kier molecular flexibility index (Phi) is 4.10. The van der Waals surface area contributed by atoms with Gasteiger partial charge in [0.15, 0.2) is 0 Å². The van der Waals surface area contributed by atoms with Crippen LogP contribution >= 0.6 is 11.6 Å². The summed E-state index contributed by atoms with van der Waals surface area (Å²) in [4.78, 5) is 11.2. The van der Waals surface area contributed by atoms with Crippen molar-refractivity contribution in [3.8, 4) is 0 Å². The molecule has 0 spiro atoms. The predicted molar refractivity (Wildman–Crippen MR) is 84.9 cm³/mol. The number of rotatable bonds is 2. The molecule has 1 aliphatic carbocycles. The fraction of sp³-hybridized carbons (Fsp3) is 0.750. The monoisotopic (exact) mass is 309 g/mol. The van der Waals surface area contributed by atoms with E-state index in [1.807, 2.05) is 6.07 Å². The van der Waals surface area contributed by atoms with Crippen molar-refractivity contribution in [3.63, 3.8) is 0 Å². The summed E-state index contributed by atoms with van der Waals surface area (Å²) >= 11 is 6.15. The van der Waals surface area contributed by atoms with E-state index in [2.05, 4.69) is 28.7 Å². The molecule has 5 heteroatoms. The molecule has 1 N–H and O–H groups in total. The quantitative estimate of drug-likeness (QED) is 0.851. The number of hydrogen-bond acceptors (Lipinski definition) is 4. The minimum Gasteiger partial charge on any atom is -0.389 e. The molecule has 1 saturated heterocycles. The summed E-state index contributed by atoms with van der Waals surface area (Å²) < 4.78 is 0. The van der Waals surface area contributed by atoms with Crippen LogP contribution in [0.25, 0.3) is 0 Å². The molecule has 0 amide bonds. The number of piperidine rings is 1. The summed E-state index contributed by atoms with van der Waals surface area (Å²) in [6.07, 6.45) is 5.28. The largest absolute Gasteiger partial charge is 0.389 e. The first-order valence-corrected chi connectivity index (χ1v) is 8.37. The topological polar surface area (TPSA) is 49.2 Å². The lowest BCUT2D eigenvalue weighted by Gasteiger charge is -2.47. The molecule has 1 aromatic heterocycles. The maximum atomic E-state index is 10.8. The fourth-order valence-electron chi connectivity index (χ4n) is 3.62. The van der Waals surface area contributed by atoms with Crippen molar-refractivity contribution in [2.45, 2.75) is 57.5 Å². The van der Waals surface area contributed by atoms with Gasteiger partial charge in [-0.3, -0.25) is 0 Å². The van der Waals surface area contributed by atoms with E-state index in [1.165, 1.54) is 6.42 Å². The van der Waals surface area contributed by atoms with Gasteiger partial charge in [0, 0.05) is 31.0 Å². The van der Waals surface area contributed by atoms with Crippen LogP contribution in [0.3, 0.4) is 0 Å². The molecule has 3 rings (SSSR count). The third-order valence-electron chi connectivity index (χ3n) is 4.97. The molecule has 0 radical (unpaired) electrons. The van der Waals surface area contributed by atoms with E-state index in [0.29, 0.717) is 11.1 Å². The third-order valence-corrected chi connectivity index (χ3v) is 5.16. The van der Waals surface area contributed by atoms with Gasteiger partial charge in [-0.1, -0.05) is 38.3 Å². The van der Waals surface area contributed by atoms with Crippen molar-refractivity contribution in [2.75, 3.05) is 18.0 Å². The zero-order valence-corrected chi connectivity index (χ0v) is 13.6. The molecule has 2 atom stereocenters. The van der Waals surface area contributed by atoms with Gasteiger partial charge in [0.05, 0.1) is 5.60 Å². The standard InChI is InChI=1S/C16H24ClN3O/c1-11(2)15-18-13(17)9-14(19-15)20-8-7-16(21)6-4-3-5-12(16)10-20/h9,11-12,21H,3-8,10H2,1-2H3. The number of fused-ring (bicyclic) bond motifs is 1. The first-order chi connectivity index (χ1) is 9.98. The van der Waals surface area contributed by atoms with Crippen LogP contribution in [0.5, 0.6) is 0 Å². The predicted octanol–water partition coefficient (Wildman–Crippen LogP) is 3.38. The van der Waals surface area contributed by atoms with Crippen LogP contribution in [-0.2, 0) is 0 Å². The second kappa shape index (κ2) is 5.73. The van der Waals surface area contributed by atoms with E-state index >= 15 is 0 Å². The summed E-state index contributed by atoms with van der Waals surface area (Å²) in [6.45, 7) is 5.87. The van der Waals surface area contributed by atoms with Crippen molar-refractivity contribution < 1.29 is 5.11 Å². The van der Waals surface area contributed by atoms with E-state index < -0.39 is 5.60 Å². The Morgan fingerprint density at radius 3 is 2.90 bits per heavy atom. The molecule has 1 aromatic rings. The second-order valence-corrected chi connectivity index (χ2v) is 7.19. The van der Waals surface area contributed by atoms with Gasteiger partial charge in [0.25, 0.3) is 0 Å². The van der Waals surface area contributed by atoms with E-state index in [9.17, 15) is 5.11 Å². The first kappa shape index (κ1) is 15.0. The average Bonchev–Trinajstić information content (AvgIpc) is 2.45. The van der Waals surface area contributed by atoms with E-state index in [1.54, 1.807) is 0 Å². The highest BCUT2D eigenvalue weighted by molar-refractivity contribution is 6.29. The van der Waals surface area contributed by atoms with Gasteiger partial charge in [-0.05, 0) is 19.3 Å². The molecule has 2 unspecified atom stereocenters. The first-order valence-electron chi connectivity index (χ1n) is 8.00. The summed E-state index contributed by atoms with van der Waals surface area (Å²) in [7, 11) is 0. The Morgan fingerprint density at radius 2 is 2.14 bits per heavy atom. The highest BCUT2D eigenvalue weighted by Crippen LogP contribution is 2.40. The van der Waals surface area contributed by atoms with Crippen molar-refractivity contribution in [2.24, 2.45) is 5.92 Å². The number of aromatic nitrogens is 2.